The zero-order valence-electron chi connectivity index (χ0n) is 8.85. The molecule has 1 N–H and O–H groups in total. The number of imidazole rings is 1. The maximum absolute atomic E-state index is 4.21. The number of hydrogen-bond acceptors (Lipinski definition) is 1. The van der Waals surface area contributed by atoms with Gasteiger partial charge in [-0.3, -0.25) is 0 Å². The number of H-pyrrole nitrogens is 1. The zero-order chi connectivity index (χ0) is 10.8. The SMILES string of the molecule is c1ccc(Cc2ccc3nc[nH]c3c2)cc1. The van der Waals surface area contributed by atoms with Crippen molar-refractivity contribution >= 4 is 11.0 Å². The van der Waals surface area contributed by atoms with Gasteiger partial charge in [0, 0.05) is 0 Å². The van der Waals surface area contributed by atoms with Gasteiger partial charge in [0.25, 0.3) is 0 Å². The molecule has 0 unspecified atom stereocenters. The van der Waals surface area contributed by atoms with Gasteiger partial charge in [0.2, 0.25) is 0 Å². The van der Waals surface area contributed by atoms with Crippen LogP contribution in [0.1, 0.15) is 11.1 Å². The third-order valence-corrected chi connectivity index (χ3v) is 2.74. The molecule has 0 fully saturated rings. The van der Waals surface area contributed by atoms with E-state index in [4.69, 9.17) is 0 Å². The Bertz CT molecular complexity index is 596. The lowest BCUT2D eigenvalue weighted by Crippen LogP contribution is -1.87. The maximum Gasteiger partial charge on any atom is 0.0931 e. The Kier molecular flexibility index (Phi) is 2.18. The van der Waals surface area contributed by atoms with E-state index in [0.717, 1.165) is 17.5 Å². The van der Waals surface area contributed by atoms with Crippen LogP contribution in [0.2, 0.25) is 0 Å². The molecule has 0 aliphatic heterocycles. The molecule has 0 aliphatic rings. The van der Waals surface area contributed by atoms with Gasteiger partial charge in [-0.15, -0.1) is 0 Å². The number of aromatic amines is 1. The fraction of sp³-hybridized carbons (Fsp3) is 0.0714. The van der Waals surface area contributed by atoms with Crippen LogP contribution in [-0.2, 0) is 6.42 Å². The fourth-order valence-corrected chi connectivity index (χ4v) is 1.92. The van der Waals surface area contributed by atoms with E-state index in [1.807, 2.05) is 6.07 Å². The predicted molar refractivity (Wildman–Crippen MR) is 65.3 cm³/mol. The summed E-state index contributed by atoms with van der Waals surface area (Å²) >= 11 is 0. The molecule has 3 rings (SSSR count). The Morgan fingerprint density at radius 2 is 1.81 bits per heavy atom. The van der Waals surface area contributed by atoms with Gasteiger partial charge in [0.1, 0.15) is 0 Å². The van der Waals surface area contributed by atoms with Gasteiger partial charge in [0.15, 0.2) is 0 Å². The first-order chi connectivity index (χ1) is 7.92. The minimum atomic E-state index is 0.968. The first-order valence-electron chi connectivity index (χ1n) is 5.38. The zero-order valence-corrected chi connectivity index (χ0v) is 8.85. The molecule has 0 bridgehead atoms. The summed E-state index contributed by atoms with van der Waals surface area (Å²) in [7, 11) is 0. The molecule has 78 valence electrons. The average Bonchev–Trinajstić information content (AvgIpc) is 2.77. The molecule has 0 saturated carbocycles. The van der Waals surface area contributed by atoms with E-state index in [-0.39, 0.29) is 0 Å². The summed E-state index contributed by atoms with van der Waals surface area (Å²) < 4.78 is 0. The molecule has 0 atom stereocenters. The van der Waals surface area contributed by atoms with E-state index in [1.165, 1.54) is 11.1 Å². The Balaban J connectivity index is 1.94. The van der Waals surface area contributed by atoms with Crippen molar-refractivity contribution in [1.29, 1.82) is 0 Å². The summed E-state index contributed by atoms with van der Waals surface area (Å²) in [4.78, 5) is 7.35. The number of aromatic nitrogens is 2. The highest BCUT2D eigenvalue weighted by Crippen LogP contribution is 2.14. The quantitative estimate of drug-likeness (QED) is 0.688. The Morgan fingerprint density at radius 3 is 2.69 bits per heavy atom. The van der Waals surface area contributed by atoms with Gasteiger partial charge >= 0.3 is 0 Å². The molecule has 0 radical (unpaired) electrons. The minimum Gasteiger partial charge on any atom is -0.345 e. The lowest BCUT2D eigenvalue weighted by atomic mass is 10.0. The van der Waals surface area contributed by atoms with Crippen molar-refractivity contribution in [2.75, 3.05) is 0 Å². The predicted octanol–water partition coefficient (Wildman–Crippen LogP) is 3.15. The van der Waals surface area contributed by atoms with Crippen LogP contribution in [0.3, 0.4) is 0 Å². The van der Waals surface area contributed by atoms with Gasteiger partial charge in [-0.05, 0) is 29.7 Å². The van der Waals surface area contributed by atoms with E-state index in [9.17, 15) is 0 Å². The van der Waals surface area contributed by atoms with Crippen LogP contribution in [-0.4, -0.2) is 9.97 Å². The van der Waals surface area contributed by atoms with Crippen molar-refractivity contribution < 1.29 is 0 Å². The first kappa shape index (κ1) is 9.16. The first-order valence-corrected chi connectivity index (χ1v) is 5.38. The summed E-state index contributed by atoms with van der Waals surface area (Å²) in [5, 5.41) is 0. The van der Waals surface area contributed by atoms with Crippen LogP contribution in [0.5, 0.6) is 0 Å². The smallest absolute Gasteiger partial charge is 0.0931 e. The highest BCUT2D eigenvalue weighted by Gasteiger charge is 1.99. The molecule has 0 aliphatic carbocycles. The third-order valence-electron chi connectivity index (χ3n) is 2.74. The van der Waals surface area contributed by atoms with Crippen molar-refractivity contribution in [3.05, 3.63) is 66.0 Å². The van der Waals surface area contributed by atoms with E-state index < -0.39 is 0 Å². The lowest BCUT2D eigenvalue weighted by Gasteiger charge is -2.01. The Labute approximate surface area is 94.0 Å². The van der Waals surface area contributed by atoms with Crippen molar-refractivity contribution in [2.45, 2.75) is 6.42 Å². The molecule has 0 amide bonds. The summed E-state index contributed by atoms with van der Waals surface area (Å²) in [6.07, 6.45) is 2.70. The number of fused-ring (bicyclic) bond motifs is 1. The molecular weight excluding hydrogens is 196 g/mol. The summed E-state index contributed by atoms with van der Waals surface area (Å²) in [6.45, 7) is 0. The van der Waals surface area contributed by atoms with E-state index >= 15 is 0 Å². The van der Waals surface area contributed by atoms with Crippen molar-refractivity contribution in [2.24, 2.45) is 0 Å². The molecule has 1 aromatic heterocycles. The van der Waals surface area contributed by atoms with Gasteiger partial charge in [0.05, 0.1) is 17.4 Å². The van der Waals surface area contributed by atoms with Crippen molar-refractivity contribution in [3.63, 3.8) is 0 Å². The second-order valence-corrected chi connectivity index (χ2v) is 3.92. The van der Waals surface area contributed by atoms with Crippen LogP contribution >= 0.6 is 0 Å². The summed E-state index contributed by atoms with van der Waals surface area (Å²) in [5.74, 6) is 0. The third kappa shape index (κ3) is 1.70. The molecule has 2 nitrogen and oxygen atoms in total. The molecule has 0 spiro atoms. The van der Waals surface area contributed by atoms with Crippen LogP contribution < -0.4 is 0 Å². The normalized spacial score (nSPS) is 10.8. The van der Waals surface area contributed by atoms with E-state index in [2.05, 4.69) is 52.4 Å². The molecule has 2 heteroatoms. The van der Waals surface area contributed by atoms with Crippen LogP contribution in [0, 0.1) is 0 Å². The van der Waals surface area contributed by atoms with Crippen LogP contribution in [0.15, 0.2) is 54.9 Å². The molecular formula is C14H12N2. The molecule has 16 heavy (non-hydrogen) atoms. The van der Waals surface area contributed by atoms with Gasteiger partial charge < -0.3 is 4.98 Å². The highest BCUT2D eigenvalue weighted by molar-refractivity contribution is 5.75. The van der Waals surface area contributed by atoms with Gasteiger partial charge in [-0.1, -0.05) is 36.4 Å². The molecule has 0 saturated heterocycles. The molecule has 1 heterocycles. The average molecular weight is 208 g/mol. The molecule has 2 aromatic carbocycles. The Morgan fingerprint density at radius 1 is 0.938 bits per heavy atom. The number of rotatable bonds is 2. The van der Waals surface area contributed by atoms with Crippen molar-refractivity contribution in [3.8, 4) is 0 Å². The van der Waals surface area contributed by atoms with Crippen LogP contribution in [0.4, 0.5) is 0 Å². The second-order valence-electron chi connectivity index (χ2n) is 3.92. The number of benzene rings is 2. The number of nitrogens with one attached hydrogen (secondary N) is 1. The second kappa shape index (κ2) is 3.81. The summed E-state index contributed by atoms with van der Waals surface area (Å²) in [5.41, 5.74) is 4.77. The molecule has 3 aromatic rings. The van der Waals surface area contributed by atoms with E-state index in [1.54, 1.807) is 6.33 Å². The van der Waals surface area contributed by atoms with E-state index in [0.29, 0.717) is 0 Å². The lowest BCUT2D eigenvalue weighted by molar-refractivity contribution is 1.20. The number of nitrogens with zero attached hydrogens (tertiary/aromatic N) is 1. The standard InChI is InChI=1S/C14H12N2/c1-2-4-11(5-3-1)8-12-6-7-13-14(9-12)16-10-15-13/h1-7,9-10H,8H2,(H,15,16). The minimum absolute atomic E-state index is 0.968. The topological polar surface area (TPSA) is 28.7 Å². The van der Waals surface area contributed by atoms with Crippen LogP contribution in [0.25, 0.3) is 11.0 Å². The summed E-state index contributed by atoms with van der Waals surface area (Å²) in [6, 6.07) is 16.8. The van der Waals surface area contributed by atoms with Crippen molar-refractivity contribution in [1.82, 2.24) is 9.97 Å². The van der Waals surface area contributed by atoms with Gasteiger partial charge in [-0.2, -0.15) is 0 Å². The highest BCUT2D eigenvalue weighted by atomic mass is 14.9. The maximum atomic E-state index is 4.21. The van der Waals surface area contributed by atoms with Gasteiger partial charge in [-0.25, -0.2) is 4.98 Å². The monoisotopic (exact) mass is 208 g/mol. The Hall–Kier alpha value is -2.09. The number of hydrogen-bond donors (Lipinski definition) is 1. The largest absolute Gasteiger partial charge is 0.345 e. The fourth-order valence-electron chi connectivity index (χ4n) is 1.92.